The SMILES string of the molecule is N=C(C(N)=O)c1cc(OCc2ncccn2)ccc1NCC(=O)N1CCC[C@H]1C(=O)NC[C@H]1CC1(Cl)Cl. The predicted molar refractivity (Wildman–Crippen MR) is 138 cm³/mol. The highest BCUT2D eigenvalue weighted by molar-refractivity contribution is 6.50. The molecule has 4 rings (SSSR count). The van der Waals surface area contributed by atoms with E-state index in [-0.39, 0.29) is 36.4 Å². The van der Waals surface area contributed by atoms with Crippen molar-refractivity contribution in [3.63, 3.8) is 0 Å². The molecule has 13 heteroatoms. The van der Waals surface area contributed by atoms with E-state index in [1.807, 2.05) is 0 Å². The lowest BCUT2D eigenvalue weighted by atomic mass is 10.1. The molecule has 2 atom stereocenters. The summed E-state index contributed by atoms with van der Waals surface area (Å²) in [5, 5.41) is 13.9. The van der Waals surface area contributed by atoms with Gasteiger partial charge in [0.2, 0.25) is 11.8 Å². The summed E-state index contributed by atoms with van der Waals surface area (Å²) in [7, 11) is 0. The molecule has 11 nitrogen and oxygen atoms in total. The van der Waals surface area contributed by atoms with Gasteiger partial charge >= 0.3 is 0 Å². The molecule has 196 valence electrons. The number of primary amides is 1. The zero-order valence-corrected chi connectivity index (χ0v) is 21.4. The Morgan fingerprint density at radius 3 is 2.65 bits per heavy atom. The van der Waals surface area contributed by atoms with Crippen LogP contribution in [0.15, 0.2) is 36.7 Å². The maximum absolute atomic E-state index is 13.0. The molecule has 3 amide bonds. The third-order valence-electron chi connectivity index (χ3n) is 6.28. The number of hydrogen-bond acceptors (Lipinski definition) is 8. The number of nitrogens with two attached hydrogens (primary N) is 1. The molecule has 2 fully saturated rings. The number of nitrogens with one attached hydrogen (secondary N) is 3. The van der Waals surface area contributed by atoms with Crippen molar-refractivity contribution in [3.05, 3.63) is 48.0 Å². The van der Waals surface area contributed by atoms with Crippen molar-refractivity contribution >= 4 is 52.3 Å². The largest absolute Gasteiger partial charge is 0.486 e. The minimum absolute atomic E-state index is 0.0122. The number of likely N-dealkylation sites (tertiary alicyclic amines) is 1. The molecule has 37 heavy (non-hydrogen) atoms. The number of anilines is 1. The van der Waals surface area contributed by atoms with Crippen LogP contribution in [0.5, 0.6) is 5.75 Å². The standard InChI is InChI=1S/C24H27Cl2N7O4/c25-24(26)10-14(24)11-32-23(36)18-3-1-8-33(18)20(34)12-31-17-5-4-15(9-16(17)21(27)22(28)35)37-13-19-29-6-2-7-30-19/h2,4-7,9,14,18,27,31H,1,3,8,10-13H2,(H2,28,35)(H,32,36)/t14-,18+/m1/s1. The molecule has 0 spiro atoms. The van der Waals surface area contributed by atoms with Crippen molar-refractivity contribution in [2.24, 2.45) is 11.7 Å². The van der Waals surface area contributed by atoms with Gasteiger partial charge in [0, 0.05) is 42.7 Å². The second-order valence-electron chi connectivity index (χ2n) is 8.91. The van der Waals surface area contributed by atoms with Gasteiger partial charge in [-0.2, -0.15) is 0 Å². The van der Waals surface area contributed by atoms with Gasteiger partial charge in [-0.05, 0) is 43.5 Å². The van der Waals surface area contributed by atoms with Gasteiger partial charge in [0.05, 0.1) is 6.54 Å². The van der Waals surface area contributed by atoms with E-state index in [1.54, 1.807) is 30.6 Å². The average Bonchev–Trinajstić information content (AvgIpc) is 3.26. The lowest BCUT2D eigenvalue weighted by molar-refractivity contribution is -0.137. The van der Waals surface area contributed by atoms with Crippen molar-refractivity contribution in [3.8, 4) is 5.75 Å². The van der Waals surface area contributed by atoms with E-state index in [1.165, 1.54) is 11.0 Å². The third kappa shape index (κ3) is 6.66. The molecule has 1 saturated carbocycles. The van der Waals surface area contributed by atoms with Crippen LogP contribution < -0.4 is 21.1 Å². The first-order valence-corrected chi connectivity index (χ1v) is 12.5. The summed E-state index contributed by atoms with van der Waals surface area (Å²) in [5.74, 6) is -0.600. The smallest absolute Gasteiger partial charge is 0.267 e. The Bertz CT molecular complexity index is 1190. The van der Waals surface area contributed by atoms with E-state index in [0.29, 0.717) is 49.6 Å². The number of carbonyl (C=O) groups excluding carboxylic acids is 3. The van der Waals surface area contributed by atoms with E-state index in [0.717, 1.165) is 0 Å². The lowest BCUT2D eigenvalue weighted by Gasteiger charge is -2.24. The molecule has 2 heterocycles. The van der Waals surface area contributed by atoms with Gasteiger partial charge in [-0.25, -0.2) is 9.97 Å². The van der Waals surface area contributed by atoms with Gasteiger partial charge in [-0.3, -0.25) is 19.8 Å². The second-order valence-corrected chi connectivity index (χ2v) is 10.4. The van der Waals surface area contributed by atoms with Crippen molar-refractivity contribution in [1.29, 1.82) is 5.41 Å². The quantitative estimate of drug-likeness (QED) is 0.245. The van der Waals surface area contributed by atoms with Crippen LogP contribution in [0.25, 0.3) is 0 Å². The van der Waals surface area contributed by atoms with Gasteiger partial charge in [0.25, 0.3) is 5.91 Å². The molecule has 1 aromatic carbocycles. The van der Waals surface area contributed by atoms with Gasteiger partial charge in [-0.1, -0.05) is 0 Å². The van der Waals surface area contributed by atoms with E-state index < -0.39 is 22.0 Å². The van der Waals surface area contributed by atoms with Crippen LogP contribution in [-0.4, -0.2) is 68.3 Å². The number of benzene rings is 1. The fourth-order valence-corrected chi connectivity index (χ4v) is 4.63. The Balaban J connectivity index is 1.38. The van der Waals surface area contributed by atoms with E-state index in [4.69, 9.17) is 39.1 Å². The molecule has 1 aliphatic carbocycles. The van der Waals surface area contributed by atoms with Crippen molar-refractivity contribution in [1.82, 2.24) is 20.2 Å². The predicted octanol–water partition coefficient (Wildman–Crippen LogP) is 1.62. The number of nitrogens with zero attached hydrogens (tertiary/aromatic N) is 3. The molecule has 2 aromatic rings. The zero-order chi connectivity index (χ0) is 26.6. The molecular weight excluding hydrogens is 521 g/mol. The van der Waals surface area contributed by atoms with Crippen LogP contribution in [0, 0.1) is 11.3 Å². The highest BCUT2D eigenvalue weighted by Crippen LogP contribution is 2.52. The topological polar surface area (TPSA) is 163 Å². The van der Waals surface area contributed by atoms with Crippen molar-refractivity contribution in [2.45, 2.75) is 36.2 Å². The van der Waals surface area contributed by atoms with Gasteiger partial charge in [0.1, 0.15) is 28.4 Å². The number of halogens is 2. The number of carbonyl (C=O) groups is 3. The number of aromatic nitrogens is 2. The fraction of sp³-hybridized carbons (Fsp3) is 0.417. The summed E-state index contributed by atoms with van der Waals surface area (Å²) in [6.07, 6.45) is 5.08. The average molecular weight is 548 g/mol. The first-order chi connectivity index (χ1) is 17.7. The highest BCUT2D eigenvalue weighted by atomic mass is 35.5. The highest BCUT2D eigenvalue weighted by Gasteiger charge is 2.51. The van der Waals surface area contributed by atoms with Gasteiger partial charge < -0.3 is 26.0 Å². The summed E-state index contributed by atoms with van der Waals surface area (Å²) >= 11 is 12.0. The Kier molecular flexibility index (Phi) is 8.13. The summed E-state index contributed by atoms with van der Waals surface area (Å²) < 4.78 is 4.90. The summed E-state index contributed by atoms with van der Waals surface area (Å²) in [4.78, 5) is 47.1. The van der Waals surface area contributed by atoms with Crippen molar-refractivity contribution < 1.29 is 19.1 Å². The van der Waals surface area contributed by atoms with Crippen LogP contribution in [0.1, 0.15) is 30.7 Å². The minimum atomic E-state index is -0.928. The Labute approximate surface area is 223 Å². The fourth-order valence-electron chi connectivity index (χ4n) is 4.10. The van der Waals surface area contributed by atoms with Crippen LogP contribution in [-0.2, 0) is 21.0 Å². The molecule has 5 N–H and O–H groups in total. The van der Waals surface area contributed by atoms with Crippen LogP contribution >= 0.6 is 23.2 Å². The van der Waals surface area contributed by atoms with Crippen LogP contribution in [0.4, 0.5) is 5.69 Å². The molecule has 1 saturated heterocycles. The lowest BCUT2D eigenvalue weighted by Crippen LogP contribution is -2.48. The van der Waals surface area contributed by atoms with Crippen molar-refractivity contribution in [2.75, 3.05) is 25.0 Å². The molecular formula is C24H27Cl2N7O4. The first kappa shape index (κ1) is 26.6. The molecule has 0 bridgehead atoms. The summed E-state index contributed by atoms with van der Waals surface area (Å²) in [5.41, 5.74) is 5.44. The number of hydrogen-bond donors (Lipinski definition) is 4. The number of rotatable bonds is 11. The molecule has 0 unspecified atom stereocenters. The van der Waals surface area contributed by atoms with Gasteiger partial charge in [-0.15, -0.1) is 23.2 Å². The summed E-state index contributed by atoms with van der Waals surface area (Å²) in [6.45, 7) is 0.767. The maximum Gasteiger partial charge on any atom is 0.267 e. The summed E-state index contributed by atoms with van der Waals surface area (Å²) in [6, 6.07) is 5.82. The molecule has 1 aromatic heterocycles. The third-order valence-corrected chi connectivity index (χ3v) is 7.20. The van der Waals surface area contributed by atoms with E-state index in [9.17, 15) is 14.4 Å². The zero-order valence-electron chi connectivity index (χ0n) is 19.9. The molecule has 0 radical (unpaired) electrons. The van der Waals surface area contributed by atoms with Crippen LogP contribution in [0.3, 0.4) is 0 Å². The Morgan fingerprint density at radius 1 is 1.24 bits per heavy atom. The number of alkyl halides is 2. The molecule has 1 aliphatic heterocycles. The molecule has 2 aliphatic rings. The Hall–Kier alpha value is -3.44. The normalized spacial score (nSPS) is 19.7. The van der Waals surface area contributed by atoms with Gasteiger partial charge in [0.15, 0.2) is 5.82 Å². The monoisotopic (exact) mass is 547 g/mol. The second kappa shape index (κ2) is 11.3. The maximum atomic E-state index is 13.0. The van der Waals surface area contributed by atoms with E-state index in [2.05, 4.69) is 20.6 Å². The number of amides is 3. The van der Waals surface area contributed by atoms with Crippen LogP contribution in [0.2, 0.25) is 0 Å². The minimum Gasteiger partial charge on any atom is -0.486 e. The first-order valence-electron chi connectivity index (χ1n) is 11.8. The Morgan fingerprint density at radius 2 is 1.97 bits per heavy atom. The number of ether oxygens (including phenoxy) is 1. The van der Waals surface area contributed by atoms with E-state index >= 15 is 0 Å².